The van der Waals surface area contributed by atoms with E-state index in [1.807, 2.05) is 26.8 Å². The first-order valence-electron chi connectivity index (χ1n) is 14.7. The predicted octanol–water partition coefficient (Wildman–Crippen LogP) is 5.01. The molecule has 0 bridgehead atoms. The largest absolute Gasteiger partial charge is 0.460 e. The molecule has 4 aliphatic carbocycles. The highest BCUT2D eigenvalue weighted by molar-refractivity contribution is 8.13. The molecule has 8 atom stereocenters. The van der Waals surface area contributed by atoms with Crippen molar-refractivity contribution in [2.75, 3.05) is 19.2 Å². The number of allylic oxidation sites excluding steroid dienone is 1. The second-order valence-electron chi connectivity index (χ2n) is 13.0. The maximum atomic E-state index is 17.9. The van der Waals surface area contributed by atoms with Crippen LogP contribution in [-0.2, 0) is 25.5 Å². The smallest absolute Gasteiger partial charge is 0.332 e. The number of aromatic nitrogens is 3. The molecule has 3 fully saturated rings. The van der Waals surface area contributed by atoms with Crippen LogP contribution in [0.25, 0.3) is 11.8 Å². The summed E-state index contributed by atoms with van der Waals surface area (Å²) >= 11 is 0.476. The molecular formula is C31H36F3N3O5S. The van der Waals surface area contributed by atoms with Gasteiger partial charge in [0.15, 0.2) is 0 Å². The fraction of sp³-hybridized carbons (Fsp3) is 0.613. The predicted molar refractivity (Wildman–Crippen MR) is 153 cm³/mol. The normalized spacial score (nSPS) is 36.2. The number of alkyl halides is 2. The molecule has 2 heterocycles. The van der Waals surface area contributed by atoms with Crippen molar-refractivity contribution in [2.24, 2.45) is 28.6 Å². The Labute approximate surface area is 252 Å². The van der Waals surface area contributed by atoms with Crippen LogP contribution in [0.15, 0.2) is 30.1 Å². The van der Waals surface area contributed by atoms with Gasteiger partial charge >= 0.3 is 5.97 Å². The van der Waals surface area contributed by atoms with Crippen LogP contribution >= 0.6 is 11.8 Å². The van der Waals surface area contributed by atoms with Crippen LogP contribution in [0.3, 0.4) is 0 Å². The van der Waals surface area contributed by atoms with Crippen LogP contribution in [0, 0.1) is 34.5 Å². The quantitative estimate of drug-likeness (QED) is 0.341. The first kappa shape index (κ1) is 30.3. The molecule has 2 aromatic heterocycles. The third-order valence-corrected chi connectivity index (χ3v) is 11.2. The number of ether oxygens (including phenoxy) is 2. The van der Waals surface area contributed by atoms with E-state index in [0.29, 0.717) is 43.1 Å². The number of aliphatic hydroxyl groups excluding tert-OH is 1. The fourth-order valence-corrected chi connectivity index (χ4v) is 9.11. The van der Waals surface area contributed by atoms with Gasteiger partial charge in [0.25, 0.3) is 0 Å². The molecule has 3 saturated carbocycles. The van der Waals surface area contributed by atoms with E-state index in [-0.39, 0.29) is 18.3 Å². The molecule has 1 N–H and O–H groups in total. The first-order chi connectivity index (χ1) is 20.4. The average molecular weight is 620 g/mol. The minimum absolute atomic E-state index is 0.0671. The molecule has 8 nitrogen and oxygen atoms in total. The summed E-state index contributed by atoms with van der Waals surface area (Å²) in [6, 6.07) is 2.01. The van der Waals surface area contributed by atoms with E-state index in [0.717, 1.165) is 16.8 Å². The molecular weight excluding hydrogens is 583 g/mol. The number of halogens is 3. The second-order valence-corrected chi connectivity index (χ2v) is 13.9. The van der Waals surface area contributed by atoms with E-state index >= 15 is 4.39 Å². The molecule has 12 heteroatoms. The summed E-state index contributed by atoms with van der Waals surface area (Å²) in [7, 11) is 0. The Kier molecular flexibility index (Phi) is 7.78. The summed E-state index contributed by atoms with van der Waals surface area (Å²) in [6.07, 6.45) is 5.61. The molecule has 4 aliphatic rings. The number of carbonyl (C=O) groups is 2. The molecule has 0 saturated heterocycles. The van der Waals surface area contributed by atoms with Crippen LogP contribution in [0.4, 0.5) is 13.2 Å². The highest BCUT2D eigenvalue weighted by Crippen LogP contribution is 2.69. The summed E-state index contributed by atoms with van der Waals surface area (Å²) in [5.74, 6) is -1.86. The maximum absolute atomic E-state index is 17.9. The summed E-state index contributed by atoms with van der Waals surface area (Å²) < 4.78 is 56.3. The molecule has 0 spiro atoms. The van der Waals surface area contributed by atoms with E-state index in [2.05, 4.69) is 10.1 Å². The Bertz CT molecular complexity index is 1450. The van der Waals surface area contributed by atoms with E-state index in [1.54, 1.807) is 16.9 Å². The average Bonchev–Trinajstić information content (AvgIpc) is 3.46. The highest BCUT2D eigenvalue weighted by Gasteiger charge is 2.72. The van der Waals surface area contributed by atoms with Crippen molar-refractivity contribution in [2.45, 2.75) is 70.8 Å². The van der Waals surface area contributed by atoms with Gasteiger partial charge in [-0.1, -0.05) is 38.1 Å². The lowest BCUT2D eigenvalue weighted by Crippen LogP contribution is -2.68. The number of pyridine rings is 1. The zero-order valence-electron chi connectivity index (χ0n) is 24.4. The third-order valence-electron chi connectivity index (χ3n) is 10.7. The molecule has 0 amide bonds. The summed E-state index contributed by atoms with van der Waals surface area (Å²) in [5.41, 5.74) is -0.327. The van der Waals surface area contributed by atoms with Crippen LogP contribution in [0.1, 0.15) is 57.7 Å². The Morgan fingerprint density at radius 2 is 2.00 bits per heavy atom. The second kappa shape index (κ2) is 11.0. The zero-order valence-corrected chi connectivity index (χ0v) is 25.2. The van der Waals surface area contributed by atoms with Crippen molar-refractivity contribution in [3.05, 3.63) is 47.3 Å². The van der Waals surface area contributed by atoms with Gasteiger partial charge in [0.1, 0.15) is 31.0 Å². The number of rotatable bonds is 7. The molecule has 0 radical (unpaired) electrons. The lowest BCUT2D eigenvalue weighted by atomic mass is 9.45. The van der Waals surface area contributed by atoms with E-state index < -0.39 is 70.9 Å². The SMILES string of the molecule is C[C@@H]1C[C@H]2[C@@H]3CCC4=Cc5c(cnn5-c5ccc(F)nc5)C[C@]4(C)[C@@]3(F)[C@@H](O)C[C@]2(C)[C@@H]1OC(=O)COCC(=O)SCF. The van der Waals surface area contributed by atoms with Gasteiger partial charge in [-0.05, 0) is 67.7 Å². The van der Waals surface area contributed by atoms with Crippen molar-refractivity contribution in [1.82, 2.24) is 14.8 Å². The summed E-state index contributed by atoms with van der Waals surface area (Å²) in [6.45, 7) is 5.03. The van der Waals surface area contributed by atoms with Gasteiger partial charge in [-0.2, -0.15) is 9.49 Å². The number of carbonyl (C=O) groups excluding carboxylic acids is 2. The highest BCUT2D eigenvalue weighted by atomic mass is 32.2. The fourth-order valence-electron chi connectivity index (χ4n) is 8.83. The number of hydrogen-bond acceptors (Lipinski definition) is 8. The van der Waals surface area contributed by atoms with Crippen LogP contribution in [0.2, 0.25) is 0 Å². The van der Waals surface area contributed by atoms with Crippen LogP contribution in [0.5, 0.6) is 0 Å². The molecule has 0 aliphatic heterocycles. The van der Waals surface area contributed by atoms with Gasteiger partial charge in [-0.15, -0.1) is 0 Å². The minimum atomic E-state index is -1.91. The number of esters is 1. The van der Waals surface area contributed by atoms with Crippen molar-refractivity contribution < 1.29 is 37.3 Å². The van der Waals surface area contributed by atoms with Gasteiger partial charge in [0, 0.05) is 16.7 Å². The number of hydrogen-bond donors (Lipinski definition) is 1. The number of fused-ring (bicyclic) bond motifs is 6. The van der Waals surface area contributed by atoms with Gasteiger partial charge in [0.2, 0.25) is 11.1 Å². The molecule has 0 aromatic carbocycles. The molecule has 0 unspecified atom stereocenters. The summed E-state index contributed by atoms with van der Waals surface area (Å²) in [5, 5.41) is 15.7. The van der Waals surface area contributed by atoms with Crippen LogP contribution in [-0.4, -0.2) is 68.1 Å². The van der Waals surface area contributed by atoms with Crippen molar-refractivity contribution in [3.63, 3.8) is 0 Å². The lowest BCUT2D eigenvalue weighted by molar-refractivity contribution is -0.216. The van der Waals surface area contributed by atoms with Gasteiger partial charge < -0.3 is 14.6 Å². The Balaban J connectivity index is 1.24. The summed E-state index contributed by atoms with van der Waals surface area (Å²) in [4.78, 5) is 27.9. The third kappa shape index (κ3) is 4.75. The van der Waals surface area contributed by atoms with Crippen molar-refractivity contribution in [1.29, 1.82) is 0 Å². The van der Waals surface area contributed by atoms with Crippen molar-refractivity contribution in [3.8, 4) is 5.69 Å². The zero-order chi connectivity index (χ0) is 30.7. The number of aliphatic hydroxyl groups is 1. The van der Waals surface area contributed by atoms with Crippen LogP contribution < -0.4 is 0 Å². The van der Waals surface area contributed by atoms with E-state index in [1.165, 1.54) is 12.3 Å². The Hall–Kier alpha value is -2.70. The first-order valence-corrected chi connectivity index (χ1v) is 15.7. The van der Waals surface area contributed by atoms with Gasteiger partial charge in [0.05, 0.1) is 29.9 Å². The monoisotopic (exact) mass is 619 g/mol. The van der Waals surface area contributed by atoms with Crippen molar-refractivity contribution >= 4 is 28.9 Å². The number of thioether (sulfide) groups is 1. The molecule has 43 heavy (non-hydrogen) atoms. The topological polar surface area (TPSA) is 104 Å². The van der Waals surface area contributed by atoms with Gasteiger partial charge in [-0.3, -0.25) is 4.79 Å². The Morgan fingerprint density at radius 3 is 2.72 bits per heavy atom. The maximum Gasteiger partial charge on any atom is 0.332 e. The van der Waals surface area contributed by atoms with Gasteiger partial charge in [-0.25, -0.2) is 23.2 Å². The standard InChI is InChI=1S/C31H36F3N3O5S/c1-17-8-22-21-6-4-19-9-23-18(12-36-37(23)20-5-7-25(33)35-13-20)10-30(19,3)31(21,34)24(38)11-29(22,2)28(17)42-26(39)14-41-15-27(40)43-16-32/h5,7,9,12-13,17,21-22,24,28,38H,4,6,8,10-11,14-16H2,1-3H3/t17-,21+,22+,24+,28-,29+,30+,31+/m1/s1. The lowest BCUT2D eigenvalue weighted by Gasteiger charge is -2.62. The van der Waals surface area contributed by atoms with E-state index in [9.17, 15) is 23.5 Å². The van der Waals surface area contributed by atoms with E-state index in [4.69, 9.17) is 9.47 Å². The minimum Gasteiger partial charge on any atom is -0.460 e. The number of nitrogens with zero attached hydrogens (tertiary/aromatic N) is 3. The molecule has 232 valence electrons. The molecule has 2 aromatic rings. The molecule has 6 rings (SSSR count). The Morgan fingerprint density at radius 1 is 1.21 bits per heavy atom.